The van der Waals surface area contributed by atoms with Gasteiger partial charge in [-0.2, -0.15) is 0 Å². The molecule has 0 N–H and O–H groups in total. The number of hydrogen-bond acceptors (Lipinski definition) is 3. The number of amides is 2. The highest BCUT2D eigenvalue weighted by Crippen LogP contribution is 2.34. The van der Waals surface area contributed by atoms with Gasteiger partial charge in [-0.25, -0.2) is 0 Å². The van der Waals surface area contributed by atoms with Crippen LogP contribution in [0.5, 0.6) is 0 Å². The van der Waals surface area contributed by atoms with Crippen LogP contribution < -0.4 is 0 Å². The molecule has 0 atom stereocenters. The first kappa shape index (κ1) is 16.6. The molecule has 128 valence electrons. The fourth-order valence-corrected chi connectivity index (χ4v) is 3.96. The highest BCUT2D eigenvalue weighted by Gasteiger charge is 2.35. The summed E-state index contributed by atoms with van der Waals surface area (Å²) in [7, 11) is 0. The first-order chi connectivity index (χ1) is 12.6. The molecule has 2 amide bonds. The van der Waals surface area contributed by atoms with Crippen molar-refractivity contribution < 1.29 is 9.59 Å². The lowest BCUT2D eigenvalue weighted by atomic mass is 10.0. The molecular weight excluding hydrogens is 342 g/mol. The van der Waals surface area contributed by atoms with Crippen LogP contribution in [-0.4, -0.2) is 16.0 Å². The normalized spacial score (nSPS) is 16.0. The minimum atomic E-state index is -0.226. The average Bonchev–Trinajstić information content (AvgIpc) is 2.91. The molecule has 0 saturated carbocycles. The molecule has 3 aromatic rings. The van der Waals surface area contributed by atoms with Gasteiger partial charge < -0.3 is 0 Å². The summed E-state index contributed by atoms with van der Waals surface area (Å²) in [6.45, 7) is 2.28. The molecule has 0 radical (unpaired) electrons. The van der Waals surface area contributed by atoms with Crippen LogP contribution in [0, 0.1) is 6.92 Å². The van der Waals surface area contributed by atoms with Crippen LogP contribution in [0.25, 0.3) is 16.8 Å². The second-order valence-electron chi connectivity index (χ2n) is 6.26. The maximum atomic E-state index is 12.8. The third-order valence-corrected chi connectivity index (χ3v) is 5.46. The Labute approximate surface area is 156 Å². The summed E-state index contributed by atoms with van der Waals surface area (Å²) < 4.78 is 0. The van der Waals surface area contributed by atoms with Crippen molar-refractivity contribution in [3.63, 3.8) is 0 Å². The zero-order valence-electron chi connectivity index (χ0n) is 14.3. The Morgan fingerprint density at radius 3 is 2.50 bits per heavy atom. The van der Waals surface area contributed by atoms with Crippen molar-refractivity contribution in [3.05, 3.63) is 88.3 Å². The Morgan fingerprint density at radius 2 is 1.65 bits per heavy atom. The molecule has 4 heteroatoms. The van der Waals surface area contributed by atoms with Gasteiger partial charge in [0.15, 0.2) is 0 Å². The van der Waals surface area contributed by atoms with Gasteiger partial charge in [-0.15, -0.1) is 0 Å². The molecule has 0 bridgehead atoms. The zero-order valence-corrected chi connectivity index (χ0v) is 15.1. The largest absolute Gasteiger partial charge is 0.293 e. The van der Waals surface area contributed by atoms with E-state index < -0.39 is 0 Å². The zero-order chi connectivity index (χ0) is 18.1. The summed E-state index contributed by atoms with van der Waals surface area (Å²) >= 11 is 1.01. The Hall–Kier alpha value is -2.85. The number of hydrogen-bond donors (Lipinski definition) is 0. The number of carbonyl (C=O) groups is 2. The van der Waals surface area contributed by atoms with Gasteiger partial charge in [0.2, 0.25) is 0 Å². The van der Waals surface area contributed by atoms with Gasteiger partial charge in [0.05, 0.1) is 11.4 Å². The minimum Gasteiger partial charge on any atom is -0.268 e. The fourth-order valence-electron chi connectivity index (χ4n) is 3.13. The Balaban J connectivity index is 1.65. The van der Waals surface area contributed by atoms with Gasteiger partial charge in [-0.05, 0) is 52.2 Å². The van der Waals surface area contributed by atoms with Crippen LogP contribution in [0.3, 0.4) is 0 Å². The molecule has 26 heavy (non-hydrogen) atoms. The molecular formula is C22H17NO2S. The third kappa shape index (κ3) is 3.04. The highest BCUT2D eigenvalue weighted by molar-refractivity contribution is 8.18. The molecule has 3 aromatic carbocycles. The van der Waals surface area contributed by atoms with Crippen LogP contribution in [0.2, 0.25) is 0 Å². The SMILES string of the molecule is Cc1ccccc1/C=C1/SC(=O)N(Cc2cccc3ccccc23)C1=O. The Bertz CT molecular complexity index is 1050. The molecule has 0 spiro atoms. The van der Waals surface area contributed by atoms with Crippen LogP contribution >= 0.6 is 11.8 Å². The van der Waals surface area contributed by atoms with Gasteiger partial charge in [-0.1, -0.05) is 66.7 Å². The van der Waals surface area contributed by atoms with Crippen molar-refractivity contribution in [2.24, 2.45) is 0 Å². The predicted octanol–water partition coefficient (Wildman–Crippen LogP) is 5.38. The van der Waals surface area contributed by atoms with E-state index in [2.05, 4.69) is 0 Å². The standard InChI is InChI=1S/C22H17NO2S/c1-15-7-2-3-9-17(15)13-20-21(24)23(22(25)26-20)14-18-11-6-10-16-8-4-5-12-19(16)18/h2-13H,14H2,1H3/b20-13+. The maximum Gasteiger partial charge on any atom is 0.293 e. The number of benzene rings is 3. The predicted molar refractivity (Wildman–Crippen MR) is 107 cm³/mol. The van der Waals surface area contributed by atoms with Gasteiger partial charge in [0, 0.05) is 0 Å². The monoisotopic (exact) mass is 359 g/mol. The lowest BCUT2D eigenvalue weighted by Gasteiger charge is -2.14. The molecule has 1 aliphatic heterocycles. The van der Waals surface area contributed by atoms with E-state index in [0.717, 1.165) is 39.2 Å². The molecule has 1 heterocycles. The van der Waals surface area contributed by atoms with Crippen LogP contribution in [0.15, 0.2) is 71.6 Å². The second-order valence-corrected chi connectivity index (χ2v) is 7.26. The molecule has 3 nitrogen and oxygen atoms in total. The quantitative estimate of drug-likeness (QED) is 0.589. The minimum absolute atomic E-state index is 0.220. The van der Waals surface area contributed by atoms with E-state index in [4.69, 9.17) is 0 Å². The molecule has 1 aliphatic rings. The van der Waals surface area contributed by atoms with Gasteiger partial charge >= 0.3 is 0 Å². The number of thioether (sulfide) groups is 1. The van der Waals surface area contributed by atoms with E-state index in [0.29, 0.717) is 4.91 Å². The van der Waals surface area contributed by atoms with Crippen LogP contribution in [-0.2, 0) is 11.3 Å². The van der Waals surface area contributed by atoms with Gasteiger partial charge in [-0.3, -0.25) is 14.5 Å². The van der Waals surface area contributed by atoms with Gasteiger partial charge in [0.25, 0.3) is 11.1 Å². The molecule has 0 aromatic heterocycles. The topological polar surface area (TPSA) is 37.4 Å². The van der Waals surface area contributed by atoms with Crippen molar-refractivity contribution in [2.45, 2.75) is 13.5 Å². The molecule has 0 unspecified atom stereocenters. The summed E-state index contributed by atoms with van der Waals surface area (Å²) in [6, 6.07) is 21.8. The summed E-state index contributed by atoms with van der Waals surface area (Å²) in [5.74, 6) is -0.226. The van der Waals surface area contributed by atoms with Crippen LogP contribution in [0.1, 0.15) is 16.7 Å². The number of aryl methyl sites for hydroxylation is 1. The van der Waals surface area contributed by atoms with Gasteiger partial charge in [0.1, 0.15) is 0 Å². The first-order valence-electron chi connectivity index (χ1n) is 8.41. The first-order valence-corrected chi connectivity index (χ1v) is 9.23. The molecule has 1 saturated heterocycles. The summed E-state index contributed by atoms with van der Waals surface area (Å²) in [4.78, 5) is 27.0. The van der Waals surface area contributed by atoms with Crippen molar-refractivity contribution in [2.75, 3.05) is 0 Å². The van der Waals surface area contributed by atoms with Crippen molar-refractivity contribution in [1.82, 2.24) is 4.90 Å². The smallest absolute Gasteiger partial charge is 0.268 e. The summed E-state index contributed by atoms with van der Waals surface area (Å²) in [5, 5.41) is 1.95. The average molecular weight is 359 g/mol. The number of nitrogens with zero attached hydrogens (tertiary/aromatic N) is 1. The third-order valence-electron chi connectivity index (χ3n) is 4.56. The summed E-state index contributed by atoms with van der Waals surface area (Å²) in [6.07, 6.45) is 1.81. The number of fused-ring (bicyclic) bond motifs is 1. The van der Waals surface area contributed by atoms with Crippen molar-refractivity contribution >= 4 is 39.8 Å². The van der Waals surface area contributed by atoms with Crippen LogP contribution in [0.4, 0.5) is 4.79 Å². The van der Waals surface area contributed by atoms with Crippen molar-refractivity contribution in [3.8, 4) is 0 Å². The lowest BCUT2D eigenvalue weighted by molar-refractivity contribution is -0.123. The van der Waals surface area contributed by atoms with E-state index in [-0.39, 0.29) is 17.7 Å². The Kier molecular flexibility index (Phi) is 4.35. The second kappa shape index (κ2) is 6.81. The van der Waals surface area contributed by atoms with E-state index in [1.807, 2.05) is 79.7 Å². The number of imide groups is 1. The van der Waals surface area contributed by atoms with Crippen molar-refractivity contribution in [1.29, 1.82) is 0 Å². The summed E-state index contributed by atoms with van der Waals surface area (Å²) in [5.41, 5.74) is 3.01. The van der Waals surface area contributed by atoms with E-state index >= 15 is 0 Å². The number of rotatable bonds is 3. The molecule has 0 aliphatic carbocycles. The highest BCUT2D eigenvalue weighted by atomic mass is 32.2. The molecule has 1 fully saturated rings. The maximum absolute atomic E-state index is 12.8. The Morgan fingerprint density at radius 1 is 0.923 bits per heavy atom. The molecule has 4 rings (SSSR count). The van der Waals surface area contributed by atoms with E-state index in [9.17, 15) is 9.59 Å². The van der Waals surface area contributed by atoms with E-state index in [1.54, 1.807) is 0 Å². The van der Waals surface area contributed by atoms with E-state index in [1.165, 1.54) is 4.90 Å². The number of carbonyl (C=O) groups excluding carboxylic acids is 2. The lowest BCUT2D eigenvalue weighted by Crippen LogP contribution is -2.27. The fraction of sp³-hybridized carbons (Fsp3) is 0.0909.